The van der Waals surface area contributed by atoms with E-state index in [-0.39, 0.29) is 50.9 Å². The number of amides is 1. The summed E-state index contributed by atoms with van der Waals surface area (Å²) in [5.74, 6) is -1.36. The SMILES string of the molecule is O=C([O-])CCNP(=O)([O-])CNC(=O)OCc1ccccc1.[Li+].[Li+]. The molecule has 1 amide bonds. The molecule has 1 aromatic carbocycles. The number of carboxylic acids is 1. The second-order valence-corrected chi connectivity index (χ2v) is 6.08. The third kappa shape index (κ3) is 12.4. The van der Waals surface area contributed by atoms with Gasteiger partial charge in [-0.1, -0.05) is 30.3 Å². The molecule has 8 nitrogen and oxygen atoms in total. The van der Waals surface area contributed by atoms with Crippen molar-refractivity contribution >= 4 is 19.6 Å². The smallest absolute Gasteiger partial charge is 0.787 e. The Kier molecular flexibility index (Phi) is 13.6. The largest absolute Gasteiger partial charge is 1.00 e. The van der Waals surface area contributed by atoms with E-state index in [1.807, 2.05) is 11.2 Å². The van der Waals surface area contributed by atoms with Gasteiger partial charge in [-0.15, -0.1) is 0 Å². The van der Waals surface area contributed by atoms with E-state index in [1.54, 1.807) is 24.3 Å². The topological polar surface area (TPSA) is 131 Å². The van der Waals surface area contributed by atoms with Gasteiger partial charge in [0.1, 0.15) is 6.61 Å². The van der Waals surface area contributed by atoms with Crippen LogP contribution in [0.2, 0.25) is 0 Å². The van der Waals surface area contributed by atoms with Gasteiger partial charge in [-0.2, -0.15) is 0 Å². The molecule has 23 heavy (non-hydrogen) atoms. The zero-order chi connectivity index (χ0) is 15.7. The van der Waals surface area contributed by atoms with Gasteiger partial charge in [-0.25, -0.2) is 4.79 Å². The molecule has 0 aliphatic rings. The van der Waals surface area contributed by atoms with Crippen LogP contribution < -0.4 is 58.1 Å². The summed E-state index contributed by atoms with van der Waals surface area (Å²) in [7, 11) is -4.10. The Bertz CT molecular complexity index is 532. The van der Waals surface area contributed by atoms with E-state index in [0.29, 0.717) is 0 Å². The van der Waals surface area contributed by atoms with E-state index in [9.17, 15) is 24.2 Å². The van der Waals surface area contributed by atoms with Gasteiger partial charge in [0.15, 0.2) is 0 Å². The second-order valence-electron chi connectivity index (χ2n) is 4.10. The molecule has 11 heteroatoms. The van der Waals surface area contributed by atoms with Crippen molar-refractivity contribution in [2.24, 2.45) is 0 Å². The van der Waals surface area contributed by atoms with Crippen LogP contribution in [0.25, 0.3) is 0 Å². The van der Waals surface area contributed by atoms with Crippen LogP contribution in [0, 0.1) is 0 Å². The molecule has 116 valence electrons. The van der Waals surface area contributed by atoms with E-state index >= 15 is 0 Å². The fraction of sp³-hybridized carbons (Fsp3) is 0.333. The number of carbonyl (C=O) groups is 2. The molecule has 0 radical (unpaired) electrons. The summed E-state index contributed by atoms with van der Waals surface area (Å²) >= 11 is 0. The van der Waals surface area contributed by atoms with Crippen LogP contribution in [0.1, 0.15) is 12.0 Å². The molecule has 0 bridgehead atoms. The van der Waals surface area contributed by atoms with Crippen molar-refractivity contribution in [1.82, 2.24) is 10.4 Å². The van der Waals surface area contributed by atoms with Crippen molar-refractivity contribution in [3.63, 3.8) is 0 Å². The molecular formula is C12H15Li2N2O6P. The standard InChI is InChI=1S/C12H17N2O6P.2Li/c15-11(16)6-7-14-21(18,19)9-13-12(17)20-8-10-4-2-1-3-5-10;;/h1-5H,6-9H2,(H,13,17)(H,15,16)(H2,14,18,19);;/q;2*+1/p-2. The van der Waals surface area contributed by atoms with Crippen LogP contribution in [0.4, 0.5) is 4.79 Å². The molecule has 0 aromatic heterocycles. The maximum atomic E-state index is 11.4. The summed E-state index contributed by atoms with van der Waals surface area (Å²) in [4.78, 5) is 32.9. The van der Waals surface area contributed by atoms with Crippen molar-refractivity contribution in [2.75, 3.05) is 12.8 Å². The van der Waals surface area contributed by atoms with Gasteiger partial charge in [0.2, 0.25) is 0 Å². The molecule has 0 saturated heterocycles. The Balaban J connectivity index is 0. The van der Waals surface area contributed by atoms with Crippen LogP contribution in [0.15, 0.2) is 30.3 Å². The zero-order valence-corrected chi connectivity index (χ0v) is 14.0. The van der Waals surface area contributed by atoms with Crippen molar-refractivity contribution in [3.8, 4) is 0 Å². The summed E-state index contributed by atoms with van der Waals surface area (Å²) in [5.41, 5.74) is 0.769. The van der Waals surface area contributed by atoms with Crippen molar-refractivity contribution in [2.45, 2.75) is 13.0 Å². The van der Waals surface area contributed by atoms with Gasteiger partial charge >= 0.3 is 43.8 Å². The minimum atomic E-state index is -4.10. The van der Waals surface area contributed by atoms with E-state index in [1.165, 1.54) is 0 Å². The molecule has 0 spiro atoms. The van der Waals surface area contributed by atoms with Crippen LogP contribution in [0.3, 0.4) is 0 Å². The van der Waals surface area contributed by atoms with E-state index in [0.717, 1.165) is 5.56 Å². The van der Waals surface area contributed by atoms with Gasteiger partial charge in [0.25, 0.3) is 0 Å². The molecule has 0 aliphatic heterocycles. The van der Waals surface area contributed by atoms with Crippen LogP contribution in [0.5, 0.6) is 0 Å². The number of ether oxygens (including phenoxy) is 1. The number of alkyl carbamates (subject to hydrolysis) is 1. The minimum absolute atomic E-state index is 0. The fourth-order valence-corrected chi connectivity index (χ4v) is 2.23. The monoisotopic (exact) mass is 328 g/mol. The molecule has 1 aromatic rings. The fourth-order valence-electron chi connectivity index (χ4n) is 1.33. The van der Waals surface area contributed by atoms with Gasteiger partial charge in [0, 0.05) is 12.5 Å². The second kappa shape index (κ2) is 12.7. The Hall–Kier alpha value is -0.695. The van der Waals surface area contributed by atoms with E-state index in [2.05, 4.69) is 5.32 Å². The van der Waals surface area contributed by atoms with E-state index < -0.39 is 32.3 Å². The molecule has 0 aliphatic carbocycles. The first-order chi connectivity index (χ1) is 9.89. The molecule has 1 rings (SSSR count). The third-order valence-corrected chi connectivity index (χ3v) is 3.61. The minimum Gasteiger partial charge on any atom is -0.787 e. The number of nitrogens with one attached hydrogen (secondary N) is 2. The van der Waals surface area contributed by atoms with Crippen molar-refractivity contribution in [1.29, 1.82) is 0 Å². The first-order valence-corrected chi connectivity index (χ1v) is 7.90. The molecule has 0 fully saturated rings. The quantitative estimate of drug-likeness (QED) is 0.358. The first kappa shape index (κ1) is 24.6. The number of hydrogen-bond acceptors (Lipinski definition) is 6. The summed E-state index contributed by atoms with van der Waals surface area (Å²) < 4.78 is 16.2. The molecule has 2 N–H and O–H groups in total. The molecule has 0 saturated carbocycles. The van der Waals surface area contributed by atoms with Crippen molar-refractivity contribution in [3.05, 3.63) is 35.9 Å². The maximum absolute atomic E-state index is 11.4. The molecule has 1 unspecified atom stereocenters. The summed E-state index contributed by atoms with van der Waals surface area (Å²) in [6, 6.07) is 8.89. The number of rotatable bonds is 8. The normalized spacial score (nSPS) is 12.0. The Morgan fingerprint density at radius 1 is 1.17 bits per heavy atom. The zero-order valence-electron chi connectivity index (χ0n) is 13.1. The Morgan fingerprint density at radius 2 is 1.78 bits per heavy atom. The first-order valence-electron chi connectivity index (χ1n) is 6.09. The average Bonchev–Trinajstić information content (AvgIpc) is 2.43. The number of carbonyl (C=O) groups excluding carboxylic acids is 2. The number of hydrogen-bond donors (Lipinski definition) is 2. The van der Waals surface area contributed by atoms with Crippen LogP contribution >= 0.6 is 7.52 Å². The summed E-state index contributed by atoms with van der Waals surface area (Å²) in [6.07, 6.45) is -1.99. The molecular weight excluding hydrogens is 313 g/mol. The summed E-state index contributed by atoms with van der Waals surface area (Å²) in [5, 5.41) is 14.2. The van der Waals surface area contributed by atoms with E-state index in [4.69, 9.17) is 4.74 Å². The average molecular weight is 328 g/mol. The van der Waals surface area contributed by atoms with Gasteiger partial charge in [0.05, 0.1) is 13.8 Å². The number of aliphatic carboxylic acids is 1. The third-order valence-electron chi connectivity index (χ3n) is 2.33. The molecule has 0 heterocycles. The van der Waals surface area contributed by atoms with Gasteiger partial charge < -0.3 is 29.4 Å². The number of carboxylic acid groups (broad SMARTS) is 1. The predicted octanol–water partition coefficient (Wildman–Crippen LogP) is -6.84. The van der Waals surface area contributed by atoms with Gasteiger partial charge in [-0.05, 0) is 12.0 Å². The Labute approximate surface area is 158 Å². The Morgan fingerprint density at radius 3 is 2.35 bits per heavy atom. The molecule has 1 atom stereocenters. The van der Waals surface area contributed by atoms with Crippen molar-refractivity contribution < 1.29 is 66.6 Å². The maximum Gasteiger partial charge on any atom is 1.00 e. The van der Waals surface area contributed by atoms with Crippen LogP contribution in [-0.4, -0.2) is 24.9 Å². The number of benzene rings is 1. The van der Waals surface area contributed by atoms with Crippen LogP contribution in [-0.2, 0) is 20.7 Å². The summed E-state index contributed by atoms with van der Waals surface area (Å²) in [6.45, 7) is -0.266. The predicted molar refractivity (Wildman–Crippen MR) is 69.9 cm³/mol. The van der Waals surface area contributed by atoms with Gasteiger partial charge in [-0.3, -0.25) is 5.09 Å².